The van der Waals surface area contributed by atoms with Crippen LogP contribution in [0.5, 0.6) is 0 Å². The van der Waals surface area contributed by atoms with E-state index in [1.807, 2.05) is 0 Å². The molecule has 0 bridgehead atoms. The summed E-state index contributed by atoms with van der Waals surface area (Å²) in [6.45, 7) is 2.15. The zero-order valence-electron chi connectivity index (χ0n) is 8.94. The van der Waals surface area contributed by atoms with E-state index in [0.717, 1.165) is 19.3 Å². The Morgan fingerprint density at radius 1 is 1.33 bits per heavy atom. The standard InChI is InChI=1S/C13H15NO/c1-9-12-5-3-2-4-10(12)8-11-6-7-13(15)14(9)11/h2-5,9,11H,6-8H2,1H3. The van der Waals surface area contributed by atoms with E-state index in [9.17, 15) is 4.79 Å². The Kier molecular flexibility index (Phi) is 1.84. The van der Waals surface area contributed by atoms with Crippen LogP contribution in [0.15, 0.2) is 24.3 Å². The molecule has 2 heterocycles. The van der Waals surface area contributed by atoms with Gasteiger partial charge in [0.05, 0.1) is 6.04 Å². The van der Waals surface area contributed by atoms with Crippen molar-refractivity contribution in [3.05, 3.63) is 35.4 Å². The van der Waals surface area contributed by atoms with Crippen LogP contribution >= 0.6 is 0 Å². The predicted octanol–water partition coefficient (Wildman–Crippen LogP) is 2.29. The zero-order valence-corrected chi connectivity index (χ0v) is 8.94. The number of carbonyl (C=O) groups excluding carboxylic acids is 1. The SMILES string of the molecule is CC1c2ccccc2CC2CCC(=O)N21. The summed E-state index contributed by atoms with van der Waals surface area (Å²) in [6.07, 6.45) is 2.83. The van der Waals surface area contributed by atoms with Gasteiger partial charge in [-0.1, -0.05) is 24.3 Å². The van der Waals surface area contributed by atoms with Gasteiger partial charge in [-0.25, -0.2) is 0 Å². The van der Waals surface area contributed by atoms with Crippen LogP contribution in [0.2, 0.25) is 0 Å². The average Bonchev–Trinajstić information content (AvgIpc) is 2.61. The monoisotopic (exact) mass is 201 g/mol. The molecule has 0 aromatic heterocycles. The molecule has 1 aromatic carbocycles. The second kappa shape index (κ2) is 3.09. The average molecular weight is 201 g/mol. The van der Waals surface area contributed by atoms with Crippen LogP contribution in [0.4, 0.5) is 0 Å². The molecule has 0 saturated carbocycles. The third-order valence-corrected chi connectivity index (χ3v) is 3.75. The summed E-state index contributed by atoms with van der Waals surface area (Å²) in [7, 11) is 0. The molecule has 2 atom stereocenters. The fraction of sp³-hybridized carbons (Fsp3) is 0.462. The molecular formula is C13H15NO. The Balaban J connectivity index is 2.07. The van der Waals surface area contributed by atoms with E-state index < -0.39 is 0 Å². The lowest BCUT2D eigenvalue weighted by molar-refractivity contribution is -0.131. The van der Waals surface area contributed by atoms with Gasteiger partial charge in [0.1, 0.15) is 0 Å². The van der Waals surface area contributed by atoms with E-state index in [1.54, 1.807) is 0 Å². The van der Waals surface area contributed by atoms with Crippen LogP contribution in [0, 0.1) is 0 Å². The molecule has 0 aliphatic carbocycles. The van der Waals surface area contributed by atoms with Gasteiger partial charge in [-0.05, 0) is 30.9 Å². The summed E-state index contributed by atoms with van der Waals surface area (Å²) in [5.74, 6) is 0.335. The number of rotatable bonds is 0. The Hall–Kier alpha value is -1.31. The van der Waals surface area contributed by atoms with Crippen LogP contribution in [0.25, 0.3) is 0 Å². The first-order valence-corrected chi connectivity index (χ1v) is 5.66. The van der Waals surface area contributed by atoms with E-state index in [2.05, 4.69) is 36.1 Å². The Labute approximate surface area is 89.9 Å². The van der Waals surface area contributed by atoms with Crippen molar-refractivity contribution >= 4 is 5.91 Å². The third-order valence-electron chi connectivity index (χ3n) is 3.75. The summed E-state index contributed by atoms with van der Waals surface area (Å²) >= 11 is 0. The molecule has 2 unspecified atom stereocenters. The normalized spacial score (nSPS) is 28.9. The highest BCUT2D eigenvalue weighted by Gasteiger charge is 2.38. The van der Waals surface area contributed by atoms with Gasteiger partial charge in [-0.15, -0.1) is 0 Å². The highest BCUT2D eigenvalue weighted by Crippen LogP contribution is 2.38. The largest absolute Gasteiger partial charge is 0.333 e. The maximum atomic E-state index is 11.8. The molecule has 0 spiro atoms. The minimum absolute atomic E-state index is 0.273. The zero-order chi connectivity index (χ0) is 10.4. The molecule has 0 radical (unpaired) electrons. The second-order valence-electron chi connectivity index (χ2n) is 4.57. The van der Waals surface area contributed by atoms with Crippen molar-refractivity contribution in [3.63, 3.8) is 0 Å². The first-order valence-electron chi connectivity index (χ1n) is 5.66. The van der Waals surface area contributed by atoms with Crippen LogP contribution in [-0.2, 0) is 11.2 Å². The van der Waals surface area contributed by atoms with E-state index in [1.165, 1.54) is 11.1 Å². The molecule has 2 aliphatic rings. The highest BCUT2D eigenvalue weighted by atomic mass is 16.2. The minimum atomic E-state index is 0.273. The summed E-state index contributed by atoms with van der Waals surface area (Å²) in [4.78, 5) is 13.8. The first-order chi connectivity index (χ1) is 7.27. The smallest absolute Gasteiger partial charge is 0.223 e. The Morgan fingerprint density at radius 3 is 3.00 bits per heavy atom. The number of amides is 1. The summed E-state index contributed by atoms with van der Waals surface area (Å²) in [5, 5.41) is 0. The van der Waals surface area contributed by atoms with Crippen LogP contribution < -0.4 is 0 Å². The maximum Gasteiger partial charge on any atom is 0.223 e. The number of fused-ring (bicyclic) bond motifs is 2. The third kappa shape index (κ3) is 1.21. The predicted molar refractivity (Wildman–Crippen MR) is 58.4 cm³/mol. The number of carbonyl (C=O) groups is 1. The molecule has 2 aliphatic heterocycles. The topological polar surface area (TPSA) is 20.3 Å². The first kappa shape index (κ1) is 8.96. The van der Waals surface area contributed by atoms with Gasteiger partial charge in [-0.3, -0.25) is 4.79 Å². The lowest BCUT2D eigenvalue weighted by Gasteiger charge is -2.37. The molecule has 1 amide bonds. The minimum Gasteiger partial charge on any atom is -0.333 e. The van der Waals surface area contributed by atoms with Gasteiger partial charge < -0.3 is 4.90 Å². The van der Waals surface area contributed by atoms with E-state index in [-0.39, 0.29) is 6.04 Å². The maximum absolute atomic E-state index is 11.8. The molecule has 2 heteroatoms. The van der Waals surface area contributed by atoms with Crippen LogP contribution in [0.1, 0.15) is 36.9 Å². The van der Waals surface area contributed by atoms with Crippen molar-refractivity contribution in [2.75, 3.05) is 0 Å². The molecule has 1 fully saturated rings. The van der Waals surface area contributed by atoms with Crippen molar-refractivity contribution in [3.8, 4) is 0 Å². The fourth-order valence-corrected chi connectivity index (χ4v) is 3.03. The van der Waals surface area contributed by atoms with Gasteiger partial charge in [-0.2, -0.15) is 0 Å². The quantitative estimate of drug-likeness (QED) is 0.630. The molecule has 15 heavy (non-hydrogen) atoms. The van der Waals surface area contributed by atoms with Gasteiger partial charge in [0.25, 0.3) is 0 Å². The molecule has 2 nitrogen and oxygen atoms in total. The molecule has 1 aromatic rings. The summed E-state index contributed by atoms with van der Waals surface area (Å²) < 4.78 is 0. The Morgan fingerprint density at radius 2 is 2.13 bits per heavy atom. The van der Waals surface area contributed by atoms with Crippen LogP contribution in [-0.4, -0.2) is 16.8 Å². The van der Waals surface area contributed by atoms with Crippen molar-refractivity contribution in [1.82, 2.24) is 4.90 Å². The van der Waals surface area contributed by atoms with Crippen molar-refractivity contribution in [2.24, 2.45) is 0 Å². The summed E-state index contributed by atoms with van der Waals surface area (Å²) in [6, 6.07) is 9.25. The number of nitrogens with zero attached hydrogens (tertiary/aromatic N) is 1. The molecular weight excluding hydrogens is 186 g/mol. The van der Waals surface area contributed by atoms with Gasteiger partial charge in [0.15, 0.2) is 0 Å². The highest BCUT2D eigenvalue weighted by molar-refractivity contribution is 5.79. The summed E-state index contributed by atoms with van der Waals surface area (Å²) in [5.41, 5.74) is 2.77. The van der Waals surface area contributed by atoms with Gasteiger partial charge in [0.2, 0.25) is 5.91 Å². The molecule has 3 rings (SSSR count). The lowest BCUT2D eigenvalue weighted by atomic mass is 9.90. The van der Waals surface area contributed by atoms with E-state index in [4.69, 9.17) is 0 Å². The second-order valence-corrected chi connectivity index (χ2v) is 4.57. The van der Waals surface area contributed by atoms with Gasteiger partial charge in [0, 0.05) is 12.5 Å². The fourth-order valence-electron chi connectivity index (χ4n) is 3.03. The van der Waals surface area contributed by atoms with Crippen molar-refractivity contribution < 1.29 is 4.79 Å². The Bertz CT molecular complexity index is 413. The number of hydrogen-bond donors (Lipinski definition) is 0. The molecule has 0 N–H and O–H groups in total. The molecule has 78 valence electrons. The van der Waals surface area contributed by atoms with Gasteiger partial charge >= 0.3 is 0 Å². The number of benzene rings is 1. The lowest BCUT2D eigenvalue weighted by Crippen LogP contribution is -2.40. The molecule has 1 saturated heterocycles. The van der Waals surface area contributed by atoms with E-state index >= 15 is 0 Å². The van der Waals surface area contributed by atoms with E-state index in [0.29, 0.717) is 11.9 Å². The van der Waals surface area contributed by atoms with Crippen LogP contribution in [0.3, 0.4) is 0 Å². The number of hydrogen-bond acceptors (Lipinski definition) is 1. The van der Waals surface area contributed by atoms with Crippen molar-refractivity contribution in [1.29, 1.82) is 0 Å². The van der Waals surface area contributed by atoms with Crippen molar-refractivity contribution in [2.45, 2.75) is 38.3 Å².